The Kier molecular flexibility index (Phi) is 12.9. The molecule has 1 saturated carbocycles. The Hall–Kier alpha value is -0.770. The summed E-state index contributed by atoms with van der Waals surface area (Å²) in [5.41, 5.74) is -0.933. The molecule has 22 heavy (non-hydrogen) atoms. The molecule has 0 aromatic rings. The number of hydrogen-bond acceptors (Lipinski definition) is 3. The van der Waals surface area contributed by atoms with E-state index in [0.717, 1.165) is 12.8 Å². The van der Waals surface area contributed by atoms with Gasteiger partial charge >= 0.3 is 11.9 Å². The first-order valence-corrected chi connectivity index (χ1v) is 7.39. The van der Waals surface area contributed by atoms with Crippen molar-refractivity contribution in [1.29, 1.82) is 0 Å². The van der Waals surface area contributed by atoms with Gasteiger partial charge in [0.05, 0.1) is 10.8 Å². The van der Waals surface area contributed by atoms with Gasteiger partial charge in [0.15, 0.2) is 0 Å². The molecule has 0 atom stereocenters. The molecule has 1 aliphatic rings. The Morgan fingerprint density at radius 1 is 0.909 bits per heavy atom. The van der Waals surface area contributed by atoms with Gasteiger partial charge in [-0.15, -0.1) is 12.4 Å². The Morgan fingerprint density at radius 3 is 1.55 bits per heavy atom. The smallest absolute Gasteiger partial charge is 0.311 e. The number of hydrogen-bond donors (Lipinski definition) is 1. The molecule has 0 radical (unpaired) electrons. The maximum Gasteiger partial charge on any atom is 0.311 e. The minimum atomic E-state index is -0.757. The second-order valence-corrected chi connectivity index (χ2v) is 7.47. The van der Waals surface area contributed by atoms with E-state index in [9.17, 15) is 9.59 Å². The molecule has 0 amide bonds. The molecular formula is C17H35ClO4. The quantitative estimate of drug-likeness (QED) is 0.677. The summed E-state index contributed by atoms with van der Waals surface area (Å²) in [7, 11) is 0. The molecule has 0 aromatic carbocycles. The normalized spacial score (nSPS) is 15.4. The molecule has 0 heterocycles. The van der Waals surface area contributed by atoms with Crippen molar-refractivity contribution in [2.75, 3.05) is 0 Å². The number of esters is 1. The van der Waals surface area contributed by atoms with Crippen LogP contribution in [0.2, 0.25) is 0 Å². The minimum Gasteiger partial charge on any atom is -0.481 e. The first kappa shape index (κ1) is 26.1. The average molecular weight is 339 g/mol. The highest BCUT2D eigenvalue weighted by atomic mass is 35.5. The lowest BCUT2D eigenvalue weighted by molar-refractivity contribution is -0.160. The van der Waals surface area contributed by atoms with E-state index in [0.29, 0.717) is 0 Å². The van der Waals surface area contributed by atoms with Crippen molar-refractivity contribution in [3.05, 3.63) is 0 Å². The van der Waals surface area contributed by atoms with Crippen LogP contribution in [-0.4, -0.2) is 23.1 Å². The molecule has 1 rings (SSSR count). The third-order valence-electron chi connectivity index (χ3n) is 3.08. The van der Waals surface area contributed by atoms with Gasteiger partial charge in [0.25, 0.3) is 0 Å². The lowest BCUT2D eigenvalue weighted by Gasteiger charge is -2.25. The van der Waals surface area contributed by atoms with Crippen molar-refractivity contribution in [1.82, 2.24) is 0 Å². The van der Waals surface area contributed by atoms with E-state index in [1.165, 1.54) is 19.3 Å². The van der Waals surface area contributed by atoms with Gasteiger partial charge in [-0.05, 0) is 67.2 Å². The van der Waals surface area contributed by atoms with Gasteiger partial charge in [-0.1, -0.05) is 13.8 Å². The van der Waals surface area contributed by atoms with Crippen molar-refractivity contribution < 1.29 is 19.4 Å². The lowest BCUT2D eigenvalue weighted by atomic mass is 9.95. The van der Waals surface area contributed by atoms with Crippen molar-refractivity contribution in [2.45, 2.75) is 87.2 Å². The van der Waals surface area contributed by atoms with Crippen molar-refractivity contribution in [3.8, 4) is 0 Å². The van der Waals surface area contributed by atoms with E-state index in [-0.39, 0.29) is 37.3 Å². The van der Waals surface area contributed by atoms with Crippen molar-refractivity contribution >= 4 is 24.3 Å². The fourth-order valence-electron chi connectivity index (χ4n) is 1.51. The SMILES string of the molecule is C.CC(C)(C)C(=O)O.CC(C)(C)C(=O)OC1CCCCC1.Cl. The minimum absolute atomic E-state index is 0. The van der Waals surface area contributed by atoms with E-state index < -0.39 is 11.4 Å². The molecule has 0 unspecified atom stereocenters. The molecule has 0 spiro atoms. The van der Waals surface area contributed by atoms with Gasteiger partial charge in [-0.2, -0.15) is 0 Å². The molecule has 1 aliphatic carbocycles. The van der Waals surface area contributed by atoms with Crippen molar-refractivity contribution in [2.24, 2.45) is 10.8 Å². The summed E-state index contributed by atoms with van der Waals surface area (Å²) in [6, 6.07) is 0. The summed E-state index contributed by atoms with van der Waals surface area (Å²) in [6.45, 7) is 10.7. The molecule has 0 bridgehead atoms. The zero-order valence-corrected chi connectivity index (χ0v) is 15.0. The van der Waals surface area contributed by atoms with Gasteiger partial charge in [-0.3, -0.25) is 9.59 Å². The highest BCUT2D eigenvalue weighted by Gasteiger charge is 2.26. The summed E-state index contributed by atoms with van der Waals surface area (Å²) in [6.07, 6.45) is 6.03. The number of rotatable bonds is 1. The van der Waals surface area contributed by atoms with E-state index in [1.807, 2.05) is 20.8 Å². The summed E-state index contributed by atoms with van der Waals surface area (Å²) < 4.78 is 5.42. The molecule has 0 aliphatic heterocycles. The predicted octanol–water partition coefficient (Wildman–Crippen LogP) is 5.08. The second-order valence-electron chi connectivity index (χ2n) is 7.47. The van der Waals surface area contributed by atoms with Crippen LogP contribution in [0.4, 0.5) is 0 Å². The Balaban J connectivity index is -0.000000350. The van der Waals surface area contributed by atoms with Gasteiger partial charge in [0.1, 0.15) is 6.10 Å². The Morgan fingerprint density at radius 2 is 1.27 bits per heavy atom. The summed E-state index contributed by atoms with van der Waals surface area (Å²) in [4.78, 5) is 21.5. The number of carboxylic acids is 1. The molecule has 1 N–H and O–H groups in total. The van der Waals surface area contributed by atoms with Crippen LogP contribution in [0.15, 0.2) is 0 Å². The monoisotopic (exact) mass is 338 g/mol. The second kappa shape index (κ2) is 10.9. The van der Waals surface area contributed by atoms with Crippen LogP contribution >= 0.6 is 12.4 Å². The van der Waals surface area contributed by atoms with E-state index in [1.54, 1.807) is 20.8 Å². The summed E-state index contributed by atoms with van der Waals surface area (Å²) in [5.74, 6) is -0.813. The fraction of sp³-hybridized carbons (Fsp3) is 0.882. The lowest BCUT2D eigenvalue weighted by Crippen LogP contribution is -2.29. The largest absolute Gasteiger partial charge is 0.481 e. The Labute approximate surface area is 142 Å². The summed E-state index contributed by atoms with van der Waals surface area (Å²) in [5, 5.41) is 8.25. The highest BCUT2D eigenvalue weighted by molar-refractivity contribution is 5.85. The van der Waals surface area contributed by atoms with Gasteiger partial charge in [-0.25, -0.2) is 0 Å². The highest BCUT2D eigenvalue weighted by Crippen LogP contribution is 2.24. The topological polar surface area (TPSA) is 63.6 Å². The van der Waals surface area contributed by atoms with Crippen molar-refractivity contribution in [3.63, 3.8) is 0 Å². The van der Waals surface area contributed by atoms with E-state index >= 15 is 0 Å². The first-order valence-electron chi connectivity index (χ1n) is 7.39. The molecular weight excluding hydrogens is 304 g/mol. The maximum absolute atomic E-state index is 11.5. The van der Waals surface area contributed by atoms with E-state index in [2.05, 4.69) is 0 Å². The standard InChI is InChI=1S/C11H20O2.C5H10O2.CH4.ClH/c1-11(2,3)10(12)13-9-7-5-4-6-8-9;1-5(2,3)4(6)7;;/h9H,4-8H2,1-3H3;1-3H3,(H,6,7);1H4;1H. The maximum atomic E-state index is 11.5. The summed E-state index contributed by atoms with van der Waals surface area (Å²) >= 11 is 0. The first-order chi connectivity index (χ1) is 8.94. The molecule has 0 saturated heterocycles. The molecule has 5 heteroatoms. The van der Waals surface area contributed by atoms with Crippen LogP contribution < -0.4 is 0 Å². The Bertz CT molecular complexity index is 321. The number of ether oxygens (including phenoxy) is 1. The molecule has 0 aromatic heterocycles. The van der Waals surface area contributed by atoms with Crippen LogP contribution in [0, 0.1) is 10.8 Å². The zero-order chi connectivity index (χ0) is 16.0. The van der Waals surface area contributed by atoms with Gasteiger partial charge < -0.3 is 9.84 Å². The van der Waals surface area contributed by atoms with Crippen LogP contribution in [-0.2, 0) is 14.3 Å². The zero-order valence-electron chi connectivity index (χ0n) is 14.2. The van der Waals surface area contributed by atoms with Gasteiger partial charge in [0, 0.05) is 0 Å². The fourth-order valence-corrected chi connectivity index (χ4v) is 1.51. The predicted molar refractivity (Wildman–Crippen MR) is 93.5 cm³/mol. The number of aliphatic carboxylic acids is 1. The average Bonchev–Trinajstić information content (AvgIpc) is 2.28. The number of halogens is 1. The number of carbonyl (C=O) groups excluding carboxylic acids is 1. The third-order valence-corrected chi connectivity index (χ3v) is 3.08. The molecule has 4 nitrogen and oxygen atoms in total. The van der Waals surface area contributed by atoms with Gasteiger partial charge in [0.2, 0.25) is 0 Å². The van der Waals surface area contributed by atoms with Crippen LogP contribution in [0.3, 0.4) is 0 Å². The van der Waals surface area contributed by atoms with Crippen LogP contribution in [0.1, 0.15) is 81.1 Å². The van der Waals surface area contributed by atoms with Crippen LogP contribution in [0.5, 0.6) is 0 Å². The molecule has 134 valence electrons. The number of carbonyl (C=O) groups is 2. The van der Waals surface area contributed by atoms with E-state index in [4.69, 9.17) is 9.84 Å². The molecule has 1 fully saturated rings. The third kappa shape index (κ3) is 11.8. The van der Waals surface area contributed by atoms with Crippen LogP contribution in [0.25, 0.3) is 0 Å². The number of carboxylic acid groups (broad SMARTS) is 1.